The molecule has 0 aliphatic carbocycles. The summed E-state index contributed by atoms with van der Waals surface area (Å²) in [7, 11) is 0. The number of hydrogen-bond donors (Lipinski definition) is 1. The van der Waals surface area contributed by atoms with E-state index < -0.39 is 0 Å². The minimum atomic E-state index is 0.223. The number of hydrogen-bond acceptors (Lipinski definition) is 4. The average molecular weight is 248 g/mol. The molecule has 0 aliphatic rings. The van der Waals surface area contributed by atoms with Gasteiger partial charge in [-0.2, -0.15) is 0 Å². The lowest BCUT2D eigenvalue weighted by molar-refractivity contribution is 0.289. The second-order valence-corrected chi connectivity index (χ2v) is 4.74. The summed E-state index contributed by atoms with van der Waals surface area (Å²) in [4.78, 5) is 6.55. The maximum atomic E-state index is 8.95. The van der Waals surface area contributed by atoms with E-state index in [0.717, 1.165) is 24.5 Å². The minimum Gasteiger partial charge on any atom is -0.396 e. The maximum absolute atomic E-state index is 8.95. The number of nitrogens with zero attached hydrogens (tertiary/aromatic N) is 2. The number of aromatic nitrogens is 1. The molecule has 0 bridgehead atoms. The summed E-state index contributed by atoms with van der Waals surface area (Å²) in [6.45, 7) is 1.88. The molecule has 0 fully saturated rings. The average Bonchev–Trinajstić information content (AvgIpc) is 2.88. The highest BCUT2D eigenvalue weighted by Crippen LogP contribution is 2.17. The van der Waals surface area contributed by atoms with Crippen molar-refractivity contribution in [3.05, 3.63) is 46.9 Å². The Labute approximate surface area is 105 Å². The van der Waals surface area contributed by atoms with E-state index in [1.54, 1.807) is 11.3 Å². The Hall–Kier alpha value is -1.39. The predicted octanol–water partition coefficient (Wildman–Crippen LogP) is 2.53. The zero-order chi connectivity index (χ0) is 11.9. The van der Waals surface area contributed by atoms with Gasteiger partial charge in [-0.05, 0) is 18.6 Å². The number of benzene rings is 1. The molecule has 0 atom stereocenters. The van der Waals surface area contributed by atoms with Gasteiger partial charge in [-0.1, -0.05) is 18.2 Å². The van der Waals surface area contributed by atoms with Crippen molar-refractivity contribution in [3.8, 4) is 0 Å². The highest BCUT2D eigenvalue weighted by molar-refractivity contribution is 7.09. The van der Waals surface area contributed by atoms with Crippen LogP contribution in [0.1, 0.15) is 11.4 Å². The van der Waals surface area contributed by atoms with E-state index in [1.807, 2.05) is 29.8 Å². The molecule has 0 saturated heterocycles. The molecule has 90 valence electrons. The number of anilines is 1. The first-order chi connectivity index (χ1) is 8.40. The lowest BCUT2D eigenvalue weighted by Gasteiger charge is -2.23. The van der Waals surface area contributed by atoms with Crippen molar-refractivity contribution in [1.29, 1.82) is 0 Å². The van der Waals surface area contributed by atoms with Gasteiger partial charge in [0.1, 0.15) is 5.01 Å². The molecule has 17 heavy (non-hydrogen) atoms. The first kappa shape index (κ1) is 12.1. The smallest absolute Gasteiger partial charge is 0.112 e. The molecule has 0 amide bonds. The third-order valence-electron chi connectivity index (χ3n) is 2.52. The molecule has 2 aromatic rings. The normalized spacial score (nSPS) is 10.4. The fraction of sp³-hybridized carbons (Fsp3) is 0.308. The van der Waals surface area contributed by atoms with E-state index in [4.69, 9.17) is 5.11 Å². The van der Waals surface area contributed by atoms with Gasteiger partial charge >= 0.3 is 0 Å². The summed E-state index contributed by atoms with van der Waals surface area (Å²) >= 11 is 1.66. The Bertz CT molecular complexity index is 416. The summed E-state index contributed by atoms with van der Waals surface area (Å²) in [5, 5.41) is 12.0. The van der Waals surface area contributed by atoms with Crippen LogP contribution in [-0.4, -0.2) is 23.2 Å². The van der Waals surface area contributed by atoms with Crippen LogP contribution in [0.25, 0.3) is 0 Å². The van der Waals surface area contributed by atoms with Crippen LogP contribution in [0.2, 0.25) is 0 Å². The number of rotatable bonds is 6. The molecule has 1 aromatic heterocycles. The zero-order valence-electron chi connectivity index (χ0n) is 9.62. The summed E-state index contributed by atoms with van der Waals surface area (Å²) in [6, 6.07) is 10.2. The van der Waals surface area contributed by atoms with Gasteiger partial charge in [-0.3, -0.25) is 0 Å². The zero-order valence-corrected chi connectivity index (χ0v) is 10.4. The van der Waals surface area contributed by atoms with Crippen LogP contribution in [0, 0.1) is 0 Å². The van der Waals surface area contributed by atoms with Crippen LogP contribution in [0.4, 0.5) is 5.69 Å². The van der Waals surface area contributed by atoms with E-state index >= 15 is 0 Å². The highest BCUT2D eigenvalue weighted by atomic mass is 32.1. The molecule has 3 nitrogen and oxygen atoms in total. The molecule has 4 heteroatoms. The molecule has 1 aromatic carbocycles. The van der Waals surface area contributed by atoms with Gasteiger partial charge in [0.15, 0.2) is 0 Å². The molecule has 0 spiro atoms. The molecule has 0 saturated carbocycles. The van der Waals surface area contributed by atoms with E-state index in [2.05, 4.69) is 22.0 Å². The second kappa shape index (κ2) is 6.37. The van der Waals surface area contributed by atoms with Crippen LogP contribution in [0.5, 0.6) is 0 Å². The molecular formula is C13H16N2OS. The lowest BCUT2D eigenvalue weighted by atomic mass is 10.2. The highest BCUT2D eigenvalue weighted by Gasteiger charge is 2.07. The SMILES string of the molecule is OCCCN(Cc1nccs1)c1ccccc1. The molecule has 1 N–H and O–H groups in total. The predicted molar refractivity (Wildman–Crippen MR) is 71.3 cm³/mol. The quantitative estimate of drug-likeness (QED) is 0.853. The summed E-state index contributed by atoms with van der Waals surface area (Å²) in [5.41, 5.74) is 1.18. The van der Waals surface area contributed by atoms with Crippen LogP contribution in [-0.2, 0) is 6.54 Å². The summed E-state index contributed by atoms with van der Waals surface area (Å²) < 4.78 is 0. The fourth-order valence-corrected chi connectivity index (χ4v) is 2.33. The molecule has 2 rings (SSSR count). The van der Waals surface area contributed by atoms with Crippen LogP contribution >= 0.6 is 11.3 Å². The van der Waals surface area contributed by atoms with Crippen LogP contribution in [0.15, 0.2) is 41.9 Å². The summed E-state index contributed by atoms with van der Waals surface area (Å²) in [6.07, 6.45) is 2.61. The van der Waals surface area contributed by atoms with Crippen molar-refractivity contribution < 1.29 is 5.11 Å². The van der Waals surface area contributed by atoms with E-state index in [0.29, 0.717) is 0 Å². The van der Waals surface area contributed by atoms with Crippen molar-refractivity contribution in [2.75, 3.05) is 18.1 Å². The molecule has 0 unspecified atom stereocenters. The van der Waals surface area contributed by atoms with Gasteiger partial charge in [-0.15, -0.1) is 11.3 Å². The number of para-hydroxylation sites is 1. The first-order valence-corrected chi connectivity index (χ1v) is 6.57. The standard InChI is InChI=1S/C13H16N2OS/c16-9-4-8-15(11-13-14-7-10-17-13)12-5-2-1-3-6-12/h1-3,5-7,10,16H,4,8-9,11H2. The van der Waals surface area contributed by atoms with Crippen molar-refractivity contribution in [2.45, 2.75) is 13.0 Å². The largest absolute Gasteiger partial charge is 0.396 e. The molecular weight excluding hydrogens is 232 g/mol. The van der Waals surface area contributed by atoms with Gasteiger partial charge < -0.3 is 10.0 Å². The lowest BCUT2D eigenvalue weighted by Crippen LogP contribution is -2.24. The van der Waals surface area contributed by atoms with Gasteiger partial charge in [0.05, 0.1) is 6.54 Å². The Morgan fingerprint density at radius 1 is 1.24 bits per heavy atom. The Morgan fingerprint density at radius 3 is 2.71 bits per heavy atom. The van der Waals surface area contributed by atoms with E-state index in [1.165, 1.54) is 5.69 Å². The Morgan fingerprint density at radius 2 is 2.06 bits per heavy atom. The van der Waals surface area contributed by atoms with Crippen molar-refractivity contribution in [2.24, 2.45) is 0 Å². The van der Waals surface area contributed by atoms with Crippen molar-refractivity contribution in [3.63, 3.8) is 0 Å². The van der Waals surface area contributed by atoms with E-state index in [9.17, 15) is 0 Å². The molecule has 1 heterocycles. The molecule has 0 radical (unpaired) electrons. The minimum absolute atomic E-state index is 0.223. The van der Waals surface area contributed by atoms with Crippen molar-refractivity contribution >= 4 is 17.0 Å². The maximum Gasteiger partial charge on any atom is 0.112 e. The van der Waals surface area contributed by atoms with Crippen LogP contribution < -0.4 is 4.90 Å². The third-order valence-corrected chi connectivity index (χ3v) is 3.28. The van der Waals surface area contributed by atoms with Crippen LogP contribution in [0.3, 0.4) is 0 Å². The van der Waals surface area contributed by atoms with Crippen molar-refractivity contribution in [1.82, 2.24) is 4.98 Å². The van der Waals surface area contributed by atoms with Gasteiger partial charge in [0.2, 0.25) is 0 Å². The van der Waals surface area contributed by atoms with Gasteiger partial charge in [0, 0.05) is 30.4 Å². The second-order valence-electron chi connectivity index (χ2n) is 3.76. The number of thiazole rings is 1. The monoisotopic (exact) mass is 248 g/mol. The van der Waals surface area contributed by atoms with Gasteiger partial charge in [-0.25, -0.2) is 4.98 Å². The summed E-state index contributed by atoms with van der Waals surface area (Å²) in [5.74, 6) is 0. The fourth-order valence-electron chi connectivity index (χ4n) is 1.69. The van der Waals surface area contributed by atoms with E-state index in [-0.39, 0.29) is 6.61 Å². The number of aliphatic hydroxyl groups is 1. The molecule has 0 aliphatic heterocycles. The third kappa shape index (κ3) is 3.54. The van der Waals surface area contributed by atoms with Gasteiger partial charge in [0.25, 0.3) is 0 Å². The number of aliphatic hydroxyl groups excluding tert-OH is 1. The topological polar surface area (TPSA) is 36.4 Å². The Kier molecular flexibility index (Phi) is 4.53. The Balaban J connectivity index is 2.08. The first-order valence-electron chi connectivity index (χ1n) is 5.69.